The first-order valence-corrected chi connectivity index (χ1v) is 7.12. The first-order chi connectivity index (χ1) is 9.21. The largest absolute Gasteiger partial charge is 0.497 e. The minimum atomic E-state index is -0.113. The molecule has 0 aliphatic carbocycles. The second-order valence-electron chi connectivity index (χ2n) is 4.78. The third-order valence-electron chi connectivity index (χ3n) is 3.77. The normalized spacial score (nSPS) is 24.2. The first-order valence-electron chi connectivity index (χ1n) is 6.68. The Hall–Kier alpha value is -0.930. The van der Waals surface area contributed by atoms with E-state index in [1.807, 2.05) is 18.2 Å². The number of alkyl halides is 1. The summed E-state index contributed by atoms with van der Waals surface area (Å²) >= 11 is 6.68. The molecular weight excluding hydrogens is 264 g/mol. The van der Waals surface area contributed by atoms with Gasteiger partial charge in [0.1, 0.15) is 11.5 Å². The maximum atomic E-state index is 6.68. The van der Waals surface area contributed by atoms with Gasteiger partial charge in [-0.25, -0.2) is 0 Å². The Morgan fingerprint density at radius 3 is 2.79 bits per heavy atom. The van der Waals surface area contributed by atoms with Crippen LogP contribution in [0.25, 0.3) is 0 Å². The molecule has 0 N–H and O–H groups in total. The summed E-state index contributed by atoms with van der Waals surface area (Å²) in [5.41, 5.74) is 0.984. The van der Waals surface area contributed by atoms with Crippen LogP contribution in [0.15, 0.2) is 18.2 Å². The number of hydrogen-bond acceptors (Lipinski definition) is 3. The van der Waals surface area contributed by atoms with Crippen LogP contribution in [0.5, 0.6) is 11.5 Å². The van der Waals surface area contributed by atoms with Gasteiger partial charge in [0.05, 0.1) is 25.7 Å². The molecule has 3 nitrogen and oxygen atoms in total. The highest BCUT2D eigenvalue weighted by molar-refractivity contribution is 6.21. The highest BCUT2D eigenvalue weighted by Crippen LogP contribution is 2.43. The van der Waals surface area contributed by atoms with E-state index in [9.17, 15) is 0 Å². The van der Waals surface area contributed by atoms with E-state index in [1.165, 1.54) is 0 Å². The van der Waals surface area contributed by atoms with Crippen molar-refractivity contribution in [1.82, 2.24) is 0 Å². The second-order valence-corrected chi connectivity index (χ2v) is 5.25. The Morgan fingerprint density at radius 1 is 1.37 bits per heavy atom. The molecule has 0 amide bonds. The van der Waals surface area contributed by atoms with Crippen molar-refractivity contribution in [2.75, 3.05) is 20.8 Å². The lowest BCUT2D eigenvalue weighted by atomic mass is 9.91. The Bertz CT molecular complexity index is 422. The zero-order valence-corrected chi connectivity index (χ0v) is 12.4. The molecule has 19 heavy (non-hydrogen) atoms. The number of rotatable bonds is 5. The minimum Gasteiger partial charge on any atom is -0.497 e. The number of ether oxygens (including phenoxy) is 3. The monoisotopic (exact) mass is 284 g/mol. The number of halogens is 1. The Kier molecular flexibility index (Phi) is 4.94. The Morgan fingerprint density at radius 2 is 2.16 bits per heavy atom. The van der Waals surface area contributed by atoms with Crippen molar-refractivity contribution in [2.45, 2.75) is 31.2 Å². The molecule has 3 unspecified atom stereocenters. The summed E-state index contributed by atoms with van der Waals surface area (Å²) in [6.07, 6.45) is 2.21. The summed E-state index contributed by atoms with van der Waals surface area (Å²) in [4.78, 5) is 0. The number of hydrogen-bond donors (Lipinski definition) is 0. The van der Waals surface area contributed by atoms with Crippen molar-refractivity contribution in [2.24, 2.45) is 5.92 Å². The van der Waals surface area contributed by atoms with Crippen molar-refractivity contribution in [3.63, 3.8) is 0 Å². The van der Waals surface area contributed by atoms with E-state index in [2.05, 4.69) is 6.92 Å². The minimum absolute atomic E-state index is 0.113. The van der Waals surface area contributed by atoms with Crippen LogP contribution in [0.2, 0.25) is 0 Å². The first kappa shape index (κ1) is 14.5. The van der Waals surface area contributed by atoms with E-state index < -0.39 is 0 Å². The molecule has 1 fully saturated rings. The lowest BCUT2D eigenvalue weighted by molar-refractivity contribution is 0.0863. The molecule has 1 aromatic carbocycles. The number of benzene rings is 1. The van der Waals surface area contributed by atoms with Gasteiger partial charge >= 0.3 is 0 Å². The van der Waals surface area contributed by atoms with Crippen LogP contribution >= 0.6 is 11.6 Å². The topological polar surface area (TPSA) is 27.7 Å². The lowest BCUT2D eigenvalue weighted by Crippen LogP contribution is -2.19. The molecule has 0 saturated carbocycles. The van der Waals surface area contributed by atoms with Gasteiger partial charge in [0, 0.05) is 18.1 Å². The smallest absolute Gasteiger partial charge is 0.123 e. The Balaban J connectivity index is 2.28. The van der Waals surface area contributed by atoms with E-state index in [0.29, 0.717) is 5.92 Å². The molecule has 1 aliphatic rings. The van der Waals surface area contributed by atoms with Crippen LogP contribution in [0.3, 0.4) is 0 Å². The van der Waals surface area contributed by atoms with Crippen LogP contribution < -0.4 is 9.47 Å². The SMILES string of the molecule is CCC1OCCC1C(Cl)c1cc(OC)ccc1OC. The highest BCUT2D eigenvalue weighted by Gasteiger charge is 2.34. The van der Waals surface area contributed by atoms with Gasteiger partial charge in [-0.3, -0.25) is 0 Å². The van der Waals surface area contributed by atoms with Gasteiger partial charge in [-0.05, 0) is 31.0 Å². The highest BCUT2D eigenvalue weighted by atomic mass is 35.5. The van der Waals surface area contributed by atoms with E-state index >= 15 is 0 Å². The third kappa shape index (κ3) is 2.98. The van der Waals surface area contributed by atoms with Gasteiger partial charge in [-0.2, -0.15) is 0 Å². The predicted molar refractivity (Wildman–Crippen MR) is 76.3 cm³/mol. The molecule has 4 heteroatoms. The molecule has 106 valence electrons. The molecule has 0 spiro atoms. The number of methoxy groups -OCH3 is 2. The summed E-state index contributed by atoms with van der Waals surface area (Å²) in [5.74, 6) is 1.93. The van der Waals surface area contributed by atoms with E-state index in [1.54, 1.807) is 14.2 Å². The molecular formula is C15H21ClO3. The zero-order chi connectivity index (χ0) is 13.8. The molecule has 0 radical (unpaired) electrons. The van der Waals surface area contributed by atoms with E-state index in [4.69, 9.17) is 25.8 Å². The molecule has 0 bridgehead atoms. The molecule has 0 aromatic heterocycles. The summed E-state index contributed by atoms with van der Waals surface area (Å²) < 4.78 is 16.4. The Labute approximate surface area is 119 Å². The quantitative estimate of drug-likeness (QED) is 0.770. The summed E-state index contributed by atoms with van der Waals surface area (Å²) in [6.45, 7) is 2.92. The van der Waals surface area contributed by atoms with Crippen LogP contribution in [0, 0.1) is 5.92 Å². The van der Waals surface area contributed by atoms with Gasteiger partial charge in [-0.1, -0.05) is 6.92 Å². The maximum Gasteiger partial charge on any atom is 0.123 e. The molecule has 1 heterocycles. The fraction of sp³-hybridized carbons (Fsp3) is 0.600. The molecule has 2 rings (SSSR count). The summed E-state index contributed by atoms with van der Waals surface area (Å²) in [7, 11) is 3.32. The zero-order valence-electron chi connectivity index (χ0n) is 11.7. The van der Waals surface area contributed by atoms with Crippen LogP contribution in [-0.2, 0) is 4.74 Å². The lowest BCUT2D eigenvalue weighted by Gasteiger charge is -2.24. The summed E-state index contributed by atoms with van der Waals surface area (Å²) in [5, 5.41) is -0.113. The van der Waals surface area contributed by atoms with Gasteiger partial charge in [-0.15, -0.1) is 11.6 Å². The van der Waals surface area contributed by atoms with Crippen molar-refractivity contribution >= 4 is 11.6 Å². The second kappa shape index (κ2) is 6.49. The standard InChI is InChI=1S/C15H21ClO3/c1-4-13-11(7-8-19-13)15(16)12-9-10(17-2)5-6-14(12)18-3/h5-6,9,11,13,15H,4,7-8H2,1-3H3. The van der Waals surface area contributed by atoms with Gasteiger partial charge < -0.3 is 14.2 Å². The van der Waals surface area contributed by atoms with Crippen LogP contribution in [-0.4, -0.2) is 26.9 Å². The van der Waals surface area contributed by atoms with Crippen LogP contribution in [0.1, 0.15) is 30.7 Å². The van der Waals surface area contributed by atoms with Crippen LogP contribution in [0.4, 0.5) is 0 Å². The molecule has 1 saturated heterocycles. The average Bonchev–Trinajstić information content (AvgIpc) is 2.94. The van der Waals surface area contributed by atoms with Gasteiger partial charge in [0.15, 0.2) is 0 Å². The molecule has 1 aliphatic heterocycles. The van der Waals surface area contributed by atoms with Crippen molar-refractivity contribution in [3.8, 4) is 11.5 Å². The fourth-order valence-corrected chi connectivity index (χ4v) is 3.16. The van der Waals surface area contributed by atoms with Crippen molar-refractivity contribution in [3.05, 3.63) is 23.8 Å². The molecule has 3 atom stereocenters. The summed E-state index contributed by atoms with van der Waals surface area (Å²) in [6, 6.07) is 5.75. The van der Waals surface area contributed by atoms with Crippen molar-refractivity contribution in [1.29, 1.82) is 0 Å². The average molecular weight is 285 g/mol. The third-order valence-corrected chi connectivity index (χ3v) is 4.33. The van der Waals surface area contributed by atoms with Gasteiger partial charge in [0.25, 0.3) is 0 Å². The van der Waals surface area contributed by atoms with E-state index in [-0.39, 0.29) is 11.5 Å². The molecule has 1 aromatic rings. The van der Waals surface area contributed by atoms with Gasteiger partial charge in [0.2, 0.25) is 0 Å². The van der Waals surface area contributed by atoms with E-state index in [0.717, 1.165) is 36.5 Å². The fourth-order valence-electron chi connectivity index (χ4n) is 2.71. The predicted octanol–water partition coefficient (Wildman–Crippen LogP) is 3.80. The maximum absolute atomic E-state index is 6.68. The van der Waals surface area contributed by atoms with Crippen molar-refractivity contribution < 1.29 is 14.2 Å².